The number of benzene rings is 2. The van der Waals surface area contributed by atoms with E-state index < -0.39 is 11.7 Å². The van der Waals surface area contributed by atoms with Gasteiger partial charge in [0.15, 0.2) is 0 Å². The van der Waals surface area contributed by atoms with Gasteiger partial charge in [-0.05, 0) is 18.2 Å². The van der Waals surface area contributed by atoms with E-state index in [1.165, 1.54) is 6.07 Å². The summed E-state index contributed by atoms with van der Waals surface area (Å²) in [7, 11) is 0. The number of aromatic nitrogens is 2. The molecule has 0 saturated heterocycles. The van der Waals surface area contributed by atoms with Crippen LogP contribution in [0.5, 0.6) is 0 Å². The Balaban J connectivity index is 2.11. The van der Waals surface area contributed by atoms with Crippen molar-refractivity contribution in [3.8, 4) is 5.69 Å². The number of rotatable bonds is 1. The van der Waals surface area contributed by atoms with Gasteiger partial charge in [-0.1, -0.05) is 22.9 Å². The second-order valence-electron chi connectivity index (χ2n) is 4.25. The van der Waals surface area contributed by atoms with Crippen LogP contribution in [0.3, 0.4) is 0 Å². The first-order valence-electron chi connectivity index (χ1n) is 5.71. The monoisotopic (exact) mass is 263 g/mol. The Hall–Kier alpha value is -2.30. The van der Waals surface area contributed by atoms with Gasteiger partial charge >= 0.3 is 6.18 Å². The van der Waals surface area contributed by atoms with Gasteiger partial charge in [0.2, 0.25) is 11.9 Å². The van der Waals surface area contributed by atoms with Crippen LogP contribution < -0.4 is 4.68 Å². The van der Waals surface area contributed by atoms with E-state index in [2.05, 4.69) is 5.10 Å². The molecule has 96 valence electrons. The summed E-state index contributed by atoms with van der Waals surface area (Å²) in [6.45, 7) is 0. The SMILES string of the molecule is FC(F)(F)c1cccc(-[n+]2cc3ccccc3[nH]2)c1. The number of para-hydroxylation sites is 1. The van der Waals surface area contributed by atoms with Crippen LogP contribution in [0.15, 0.2) is 54.7 Å². The minimum Gasteiger partial charge on any atom is -0.166 e. The van der Waals surface area contributed by atoms with Crippen LogP contribution in [0, 0.1) is 0 Å². The lowest BCUT2D eigenvalue weighted by molar-refractivity contribution is -0.653. The average molecular weight is 263 g/mol. The van der Waals surface area contributed by atoms with Crippen LogP contribution in [-0.2, 0) is 6.18 Å². The molecule has 0 amide bonds. The summed E-state index contributed by atoms with van der Waals surface area (Å²) in [4.78, 5) is 0. The van der Waals surface area contributed by atoms with Crippen LogP contribution in [0.2, 0.25) is 0 Å². The molecule has 5 heteroatoms. The molecule has 0 spiro atoms. The Labute approximate surface area is 107 Å². The molecule has 0 aliphatic carbocycles. The maximum Gasteiger partial charge on any atom is 0.416 e. The molecule has 0 saturated carbocycles. The Kier molecular flexibility index (Phi) is 2.55. The summed E-state index contributed by atoms with van der Waals surface area (Å²) in [6, 6.07) is 12.7. The fraction of sp³-hybridized carbons (Fsp3) is 0.0714. The summed E-state index contributed by atoms with van der Waals surface area (Å²) in [5.41, 5.74) is 0.669. The van der Waals surface area contributed by atoms with Gasteiger partial charge in [0.25, 0.3) is 0 Å². The normalized spacial score (nSPS) is 11.9. The van der Waals surface area contributed by atoms with Crippen molar-refractivity contribution in [3.05, 3.63) is 60.3 Å². The van der Waals surface area contributed by atoms with Crippen molar-refractivity contribution in [1.29, 1.82) is 0 Å². The van der Waals surface area contributed by atoms with Crippen LogP contribution in [-0.4, -0.2) is 5.10 Å². The summed E-state index contributed by atoms with van der Waals surface area (Å²) < 4.78 is 39.6. The number of fused-ring (bicyclic) bond motifs is 1. The van der Waals surface area contributed by atoms with Gasteiger partial charge in [-0.3, -0.25) is 0 Å². The highest BCUT2D eigenvalue weighted by Gasteiger charge is 2.31. The molecule has 1 N–H and O–H groups in total. The van der Waals surface area contributed by atoms with Crippen LogP contribution in [0.25, 0.3) is 16.6 Å². The largest absolute Gasteiger partial charge is 0.416 e. The van der Waals surface area contributed by atoms with Gasteiger partial charge in [0, 0.05) is 12.1 Å². The lowest BCUT2D eigenvalue weighted by atomic mass is 10.2. The first kappa shape index (κ1) is 11.8. The molecular formula is C14H10F3N2+. The first-order chi connectivity index (χ1) is 9.04. The number of H-pyrrole nitrogens is 1. The molecule has 0 radical (unpaired) electrons. The van der Waals surface area contributed by atoms with Gasteiger partial charge in [-0.15, -0.1) is 0 Å². The molecule has 3 aromatic rings. The van der Waals surface area contributed by atoms with E-state index in [4.69, 9.17) is 0 Å². The number of hydrogen-bond acceptors (Lipinski definition) is 0. The van der Waals surface area contributed by atoms with Crippen molar-refractivity contribution in [1.82, 2.24) is 5.10 Å². The van der Waals surface area contributed by atoms with Crippen molar-refractivity contribution in [2.75, 3.05) is 0 Å². The molecule has 1 heterocycles. The van der Waals surface area contributed by atoms with E-state index in [1.54, 1.807) is 16.9 Å². The molecule has 0 aliphatic rings. The highest BCUT2D eigenvalue weighted by molar-refractivity contribution is 5.76. The van der Waals surface area contributed by atoms with E-state index >= 15 is 0 Å². The number of aromatic amines is 1. The lowest BCUT2D eigenvalue weighted by Gasteiger charge is -2.05. The predicted octanol–water partition coefficient (Wildman–Crippen LogP) is 3.46. The first-order valence-corrected chi connectivity index (χ1v) is 5.71. The number of nitrogens with zero attached hydrogens (tertiary/aromatic N) is 1. The van der Waals surface area contributed by atoms with Gasteiger partial charge in [0.05, 0.1) is 10.9 Å². The summed E-state index contributed by atoms with van der Waals surface area (Å²) in [5, 5.41) is 3.98. The molecule has 19 heavy (non-hydrogen) atoms. The molecule has 2 nitrogen and oxygen atoms in total. The predicted molar refractivity (Wildman–Crippen MR) is 64.8 cm³/mol. The fourth-order valence-corrected chi connectivity index (χ4v) is 1.98. The average Bonchev–Trinajstić information content (AvgIpc) is 2.81. The zero-order chi connectivity index (χ0) is 13.5. The van der Waals surface area contributed by atoms with Crippen molar-refractivity contribution in [2.24, 2.45) is 0 Å². The van der Waals surface area contributed by atoms with Gasteiger partial charge < -0.3 is 0 Å². The van der Waals surface area contributed by atoms with Crippen molar-refractivity contribution >= 4 is 10.9 Å². The Morgan fingerprint density at radius 3 is 2.47 bits per heavy atom. The second kappa shape index (κ2) is 4.12. The smallest absolute Gasteiger partial charge is 0.166 e. The van der Waals surface area contributed by atoms with E-state index in [0.717, 1.165) is 23.0 Å². The van der Waals surface area contributed by atoms with Gasteiger partial charge in [-0.25, -0.2) is 0 Å². The van der Waals surface area contributed by atoms with Gasteiger partial charge in [0.1, 0.15) is 5.52 Å². The highest BCUT2D eigenvalue weighted by atomic mass is 19.4. The minimum absolute atomic E-state index is 0.450. The quantitative estimate of drug-likeness (QED) is 0.649. The summed E-state index contributed by atoms with van der Waals surface area (Å²) in [6.07, 6.45) is -2.56. The number of alkyl halides is 3. The molecule has 0 fully saturated rings. The van der Waals surface area contributed by atoms with Crippen molar-refractivity contribution < 1.29 is 17.9 Å². The number of hydrogen-bond donors (Lipinski definition) is 1. The lowest BCUT2D eigenvalue weighted by Crippen LogP contribution is -2.31. The minimum atomic E-state index is -4.33. The summed E-state index contributed by atoms with van der Waals surface area (Å²) >= 11 is 0. The molecule has 0 aliphatic heterocycles. The molecule has 0 bridgehead atoms. The molecule has 1 aromatic heterocycles. The molecule has 3 rings (SSSR count). The summed E-state index contributed by atoms with van der Waals surface area (Å²) in [5.74, 6) is 0. The third kappa shape index (κ3) is 2.19. The third-order valence-electron chi connectivity index (χ3n) is 2.92. The van der Waals surface area contributed by atoms with Crippen LogP contribution in [0.4, 0.5) is 13.2 Å². The Bertz CT molecular complexity index is 696. The maximum atomic E-state index is 12.7. The molecule has 0 atom stereocenters. The van der Waals surface area contributed by atoms with Gasteiger partial charge in [-0.2, -0.15) is 18.3 Å². The van der Waals surface area contributed by atoms with E-state index in [0.29, 0.717) is 5.69 Å². The Morgan fingerprint density at radius 1 is 0.947 bits per heavy atom. The number of halogens is 3. The third-order valence-corrected chi connectivity index (χ3v) is 2.92. The van der Waals surface area contributed by atoms with E-state index in [9.17, 15) is 13.2 Å². The van der Waals surface area contributed by atoms with Crippen LogP contribution in [0.1, 0.15) is 5.56 Å². The number of nitrogens with one attached hydrogen (secondary N) is 1. The fourth-order valence-electron chi connectivity index (χ4n) is 1.98. The standard InChI is InChI=1S/C14H9F3N2/c15-14(16,17)11-5-3-6-12(8-11)19-9-10-4-1-2-7-13(10)18-19/h1-9H/p+1. The van der Waals surface area contributed by atoms with E-state index in [-0.39, 0.29) is 0 Å². The molecular weight excluding hydrogens is 253 g/mol. The maximum absolute atomic E-state index is 12.7. The van der Waals surface area contributed by atoms with Crippen molar-refractivity contribution in [2.45, 2.75) is 6.18 Å². The Morgan fingerprint density at radius 2 is 1.74 bits per heavy atom. The highest BCUT2D eigenvalue weighted by Crippen LogP contribution is 2.29. The topological polar surface area (TPSA) is 19.7 Å². The second-order valence-corrected chi connectivity index (χ2v) is 4.25. The van der Waals surface area contributed by atoms with Crippen LogP contribution >= 0.6 is 0 Å². The molecule has 0 unspecified atom stereocenters. The zero-order valence-electron chi connectivity index (χ0n) is 9.78. The van der Waals surface area contributed by atoms with E-state index in [1.807, 2.05) is 24.3 Å². The zero-order valence-corrected chi connectivity index (χ0v) is 9.78. The van der Waals surface area contributed by atoms with Crippen molar-refractivity contribution in [3.63, 3.8) is 0 Å². The molecule has 2 aromatic carbocycles.